The van der Waals surface area contributed by atoms with E-state index in [9.17, 15) is 0 Å². The Balaban J connectivity index is 0.00000241. The summed E-state index contributed by atoms with van der Waals surface area (Å²) in [5.41, 5.74) is 2.93. The summed E-state index contributed by atoms with van der Waals surface area (Å²) < 4.78 is 14.0. The summed E-state index contributed by atoms with van der Waals surface area (Å²) in [6.07, 6.45) is 6.94. The average Bonchev–Trinajstić information content (AvgIpc) is 3.19. The van der Waals surface area contributed by atoms with E-state index in [1.807, 2.05) is 72.8 Å². The van der Waals surface area contributed by atoms with Crippen molar-refractivity contribution in [2.75, 3.05) is 0 Å². The number of pyridine rings is 3. The van der Waals surface area contributed by atoms with Gasteiger partial charge in [0.1, 0.15) is 0 Å². The van der Waals surface area contributed by atoms with E-state index in [4.69, 9.17) is 9.47 Å². The molecule has 0 saturated heterocycles. The van der Waals surface area contributed by atoms with E-state index < -0.39 is 0 Å². The zero-order valence-electron chi connectivity index (χ0n) is 17.7. The van der Waals surface area contributed by atoms with Crippen molar-refractivity contribution in [3.63, 3.8) is 0 Å². The molecule has 0 bridgehead atoms. The molecule has 0 atom stereocenters. The minimum atomic E-state index is 0. The van der Waals surface area contributed by atoms with E-state index in [1.165, 1.54) is 0 Å². The summed E-state index contributed by atoms with van der Waals surface area (Å²) in [4.78, 5) is 12.6. The Morgan fingerprint density at radius 3 is 1.59 bits per heavy atom. The average molecular weight is 624 g/mol. The maximum Gasteiger partial charge on any atom is 2.00 e. The van der Waals surface area contributed by atoms with Gasteiger partial charge in [0, 0.05) is 54.1 Å². The van der Waals surface area contributed by atoms with Crippen LogP contribution >= 0.6 is 0 Å². The van der Waals surface area contributed by atoms with E-state index in [-0.39, 0.29) is 21.1 Å². The van der Waals surface area contributed by atoms with Gasteiger partial charge in [-0.2, -0.15) is 10.8 Å². The predicted molar refractivity (Wildman–Crippen MR) is 125 cm³/mol. The Kier molecular flexibility index (Phi) is 6.06. The Morgan fingerprint density at radius 1 is 0.588 bits per heavy atom. The molecule has 34 heavy (non-hydrogen) atoms. The van der Waals surface area contributed by atoms with Crippen LogP contribution in [-0.4, -0.2) is 19.5 Å². The van der Waals surface area contributed by atoms with Gasteiger partial charge in [-0.3, -0.25) is 4.98 Å². The summed E-state index contributed by atoms with van der Waals surface area (Å²) in [6, 6.07) is 29.6. The molecule has 0 radical (unpaired) electrons. The van der Waals surface area contributed by atoms with Gasteiger partial charge in [0.15, 0.2) is 0 Å². The molecular weight excluding hydrogens is 607 g/mol. The summed E-state index contributed by atoms with van der Waals surface area (Å²) in [6.45, 7) is 0. The second kappa shape index (κ2) is 9.46. The fraction of sp³-hybridized carbons (Fsp3) is 0. The molecule has 6 rings (SSSR count). The van der Waals surface area contributed by atoms with E-state index >= 15 is 0 Å². The standard InChI is InChI=1S/C27H16N4O2.Pt/c1-3-13-29-26(5-1)32-20-7-9-24-22(17-20)23-18-21(33-27-6-2-4-14-30-27)8-10-25(23)31(24)19-11-15-28-16-12-19;/h1-16H;/q-2;+2. The minimum absolute atomic E-state index is 0. The first-order valence-electron chi connectivity index (χ1n) is 10.4. The number of nitrogens with zero attached hydrogens (tertiary/aromatic N) is 4. The first-order valence-corrected chi connectivity index (χ1v) is 10.4. The van der Waals surface area contributed by atoms with Crippen LogP contribution in [0.3, 0.4) is 0 Å². The quantitative estimate of drug-likeness (QED) is 0.216. The van der Waals surface area contributed by atoms with Gasteiger partial charge in [-0.25, -0.2) is 9.97 Å². The van der Waals surface area contributed by atoms with Gasteiger partial charge in [0.25, 0.3) is 0 Å². The molecule has 7 heteroatoms. The van der Waals surface area contributed by atoms with E-state index in [0.717, 1.165) is 27.5 Å². The second-order valence-corrected chi connectivity index (χ2v) is 7.25. The number of benzene rings is 2. The van der Waals surface area contributed by atoms with Crippen LogP contribution in [0.15, 0.2) is 97.6 Å². The maximum atomic E-state index is 5.94. The van der Waals surface area contributed by atoms with Crippen LogP contribution in [-0.2, 0) is 21.1 Å². The number of fused-ring (bicyclic) bond motifs is 3. The monoisotopic (exact) mass is 623 g/mol. The molecule has 4 aromatic heterocycles. The maximum absolute atomic E-state index is 5.94. The molecule has 166 valence electrons. The van der Waals surface area contributed by atoms with Crippen molar-refractivity contribution >= 4 is 21.8 Å². The molecule has 0 spiro atoms. The van der Waals surface area contributed by atoms with E-state index in [1.54, 1.807) is 24.8 Å². The smallest absolute Gasteiger partial charge is 0.460 e. The Hall–Kier alpha value is -4.02. The van der Waals surface area contributed by atoms with Gasteiger partial charge < -0.3 is 14.0 Å². The first kappa shape index (κ1) is 21.8. The molecule has 0 saturated carbocycles. The largest absolute Gasteiger partial charge is 2.00 e. The fourth-order valence-electron chi connectivity index (χ4n) is 3.75. The third kappa shape index (κ3) is 4.16. The molecule has 2 aromatic carbocycles. The molecule has 4 heterocycles. The van der Waals surface area contributed by atoms with Crippen molar-refractivity contribution in [1.29, 1.82) is 0 Å². The second-order valence-electron chi connectivity index (χ2n) is 7.25. The molecule has 0 unspecified atom stereocenters. The Labute approximate surface area is 210 Å². The summed E-state index contributed by atoms with van der Waals surface area (Å²) in [5, 5.41) is 1.73. The Bertz CT molecular complexity index is 1460. The van der Waals surface area contributed by atoms with Crippen LogP contribution < -0.4 is 9.47 Å². The summed E-state index contributed by atoms with van der Waals surface area (Å²) in [5.74, 6) is 2.15. The molecule has 0 aliphatic carbocycles. The van der Waals surface area contributed by atoms with Crippen LogP contribution in [0, 0.1) is 12.1 Å². The van der Waals surface area contributed by atoms with Crippen molar-refractivity contribution in [2.24, 2.45) is 0 Å². The van der Waals surface area contributed by atoms with E-state index in [0.29, 0.717) is 23.3 Å². The van der Waals surface area contributed by atoms with Crippen LogP contribution in [0.5, 0.6) is 23.3 Å². The van der Waals surface area contributed by atoms with Crippen molar-refractivity contribution < 1.29 is 30.5 Å². The number of ether oxygens (including phenoxy) is 2. The zero-order chi connectivity index (χ0) is 22.0. The van der Waals surface area contributed by atoms with Gasteiger partial charge in [-0.1, -0.05) is 23.2 Å². The number of hydrogen-bond acceptors (Lipinski definition) is 5. The topological polar surface area (TPSA) is 62.1 Å². The third-order valence-electron chi connectivity index (χ3n) is 5.15. The molecule has 0 aliphatic rings. The normalized spacial score (nSPS) is 10.7. The Morgan fingerprint density at radius 2 is 1.12 bits per heavy atom. The summed E-state index contributed by atoms with van der Waals surface area (Å²) in [7, 11) is 0. The number of hydrogen-bond donors (Lipinski definition) is 0. The zero-order valence-corrected chi connectivity index (χ0v) is 19.9. The SMILES string of the molecule is [Pt+2].[c-]1c(Oc2ccccn2)ccc2c1c1[c-]c(Oc3ccccn3)ccc1n2-c1ccncc1. The molecule has 6 aromatic rings. The molecule has 6 nitrogen and oxygen atoms in total. The van der Waals surface area contributed by atoms with Crippen molar-refractivity contribution in [3.05, 3.63) is 110 Å². The number of rotatable bonds is 5. The molecular formula is C27H16N4O2Pt. The third-order valence-corrected chi connectivity index (χ3v) is 5.15. The first-order chi connectivity index (χ1) is 16.3. The van der Waals surface area contributed by atoms with Gasteiger partial charge in [-0.15, -0.1) is 36.4 Å². The van der Waals surface area contributed by atoms with Gasteiger partial charge in [0.2, 0.25) is 11.8 Å². The van der Waals surface area contributed by atoms with Crippen molar-refractivity contribution in [3.8, 4) is 28.9 Å². The van der Waals surface area contributed by atoms with Crippen LogP contribution in [0.25, 0.3) is 27.5 Å². The number of aromatic nitrogens is 4. The van der Waals surface area contributed by atoms with Crippen LogP contribution in [0.1, 0.15) is 0 Å². The van der Waals surface area contributed by atoms with Crippen LogP contribution in [0.4, 0.5) is 0 Å². The minimum Gasteiger partial charge on any atom is -0.460 e. The van der Waals surface area contributed by atoms with E-state index in [2.05, 4.69) is 31.7 Å². The summed E-state index contributed by atoms with van der Waals surface area (Å²) >= 11 is 0. The van der Waals surface area contributed by atoms with Gasteiger partial charge >= 0.3 is 21.1 Å². The van der Waals surface area contributed by atoms with Crippen molar-refractivity contribution in [2.45, 2.75) is 0 Å². The predicted octanol–water partition coefficient (Wildman–Crippen LogP) is 6.15. The molecule has 0 fully saturated rings. The molecule has 0 aliphatic heterocycles. The van der Waals surface area contributed by atoms with Gasteiger partial charge in [0.05, 0.1) is 0 Å². The van der Waals surface area contributed by atoms with Crippen molar-refractivity contribution in [1.82, 2.24) is 19.5 Å². The molecule has 0 amide bonds. The molecule has 0 N–H and O–H groups in total. The van der Waals surface area contributed by atoms with Gasteiger partial charge in [-0.05, 0) is 24.3 Å². The van der Waals surface area contributed by atoms with Crippen LogP contribution in [0.2, 0.25) is 0 Å². The fourth-order valence-corrected chi connectivity index (χ4v) is 3.75.